The van der Waals surface area contributed by atoms with Gasteiger partial charge >= 0.3 is 0 Å². The number of ether oxygens (including phenoxy) is 2. The summed E-state index contributed by atoms with van der Waals surface area (Å²) in [7, 11) is 0. The Morgan fingerprint density at radius 2 is 2.08 bits per heavy atom. The minimum Gasteiger partial charge on any atom is -0.492 e. The van der Waals surface area contributed by atoms with Gasteiger partial charge in [-0.15, -0.1) is 0 Å². The molecule has 0 aliphatic carbocycles. The molecule has 26 heavy (non-hydrogen) atoms. The van der Waals surface area contributed by atoms with Crippen LogP contribution in [0.3, 0.4) is 0 Å². The molecule has 3 rings (SSSR count). The average molecular weight is 357 g/mol. The van der Waals surface area contributed by atoms with Crippen LogP contribution in [0.2, 0.25) is 0 Å². The maximum absolute atomic E-state index is 12.1. The van der Waals surface area contributed by atoms with Crippen molar-refractivity contribution in [1.29, 1.82) is 0 Å². The van der Waals surface area contributed by atoms with Gasteiger partial charge in [0.25, 0.3) is 11.5 Å². The Morgan fingerprint density at radius 1 is 1.23 bits per heavy atom. The van der Waals surface area contributed by atoms with E-state index in [1.165, 1.54) is 12.3 Å². The first-order chi connectivity index (χ1) is 12.7. The topological polar surface area (TPSA) is 83.7 Å². The quantitative estimate of drug-likeness (QED) is 0.773. The van der Waals surface area contributed by atoms with Crippen LogP contribution in [-0.2, 0) is 11.3 Å². The summed E-state index contributed by atoms with van der Waals surface area (Å²) in [5, 5.41) is 2.75. The SMILES string of the molecule is O=C(NCc1cccc(OCCN2CCOCC2)c1)c1ccc[nH]c1=O. The molecular formula is C19H23N3O4. The molecule has 1 aliphatic rings. The highest BCUT2D eigenvalue weighted by Crippen LogP contribution is 2.13. The average Bonchev–Trinajstić information content (AvgIpc) is 2.68. The molecular weight excluding hydrogens is 334 g/mol. The zero-order chi connectivity index (χ0) is 18.2. The summed E-state index contributed by atoms with van der Waals surface area (Å²) in [6, 6.07) is 10.7. The van der Waals surface area contributed by atoms with Gasteiger partial charge in [0, 0.05) is 32.4 Å². The fraction of sp³-hybridized carbons (Fsp3) is 0.368. The molecule has 0 spiro atoms. The van der Waals surface area contributed by atoms with E-state index in [9.17, 15) is 9.59 Å². The van der Waals surface area contributed by atoms with Crippen LogP contribution in [0.15, 0.2) is 47.4 Å². The Labute approximate surface area is 151 Å². The Balaban J connectivity index is 1.48. The molecule has 1 aromatic heterocycles. The number of benzene rings is 1. The zero-order valence-electron chi connectivity index (χ0n) is 14.6. The van der Waals surface area contributed by atoms with Crippen LogP contribution in [0.5, 0.6) is 5.75 Å². The summed E-state index contributed by atoms with van der Waals surface area (Å²) in [6.07, 6.45) is 1.50. The van der Waals surface area contributed by atoms with Crippen LogP contribution in [0.4, 0.5) is 0 Å². The number of pyridine rings is 1. The number of aromatic nitrogens is 1. The van der Waals surface area contributed by atoms with E-state index in [1.807, 2.05) is 24.3 Å². The Bertz CT molecular complexity index is 784. The number of carbonyl (C=O) groups excluding carboxylic acids is 1. The van der Waals surface area contributed by atoms with Crippen molar-refractivity contribution in [1.82, 2.24) is 15.2 Å². The lowest BCUT2D eigenvalue weighted by Gasteiger charge is -2.26. The summed E-state index contributed by atoms with van der Waals surface area (Å²) >= 11 is 0. The zero-order valence-corrected chi connectivity index (χ0v) is 14.6. The largest absolute Gasteiger partial charge is 0.492 e. The number of aromatic amines is 1. The highest BCUT2D eigenvalue weighted by Gasteiger charge is 2.11. The minimum absolute atomic E-state index is 0.102. The molecule has 0 bridgehead atoms. The number of nitrogens with zero attached hydrogens (tertiary/aromatic N) is 1. The van der Waals surface area contributed by atoms with Crippen LogP contribution in [0.1, 0.15) is 15.9 Å². The third kappa shape index (κ3) is 5.18. The molecule has 2 heterocycles. The Morgan fingerprint density at radius 3 is 2.88 bits per heavy atom. The van der Waals surface area contributed by atoms with Crippen molar-refractivity contribution >= 4 is 5.91 Å². The number of rotatable bonds is 7. The lowest BCUT2D eigenvalue weighted by atomic mass is 10.2. The lowest BCUT2D eigenvalue weighted by molar-refractivity contribution is 0.0322. The minimum atomic E-state index is -0.398. The van der Waals surface area contributed by atoms with Gasteiger partial charge in [-0.1, -0.05) is 12.1 Å². The van der Waals surface area contributed by atoms with Crippen molar-refractivity contribution in [2.45, 2.75) is 6.54 Å². The molecule has 2 aromatic rings. The van der Waals surface area contributed by atoms with Gasteiger partial charge < -0.3 is 19.8 Å². The van der Waals surface area contributed by atoms with E-state index in [0.29, 0.717) is 13.2 Å². The molecule has 0 atom stereocenters. The molecule has 0 radical (unpaired) electrons. The molecule has 0 saturated carbocycles. The van der Waals surface area contributed by atoms with E-state index >= 15 is 0 Å². The summed E-state index contributed by atoms with van der Waals surface area (Å²) in [5.41, 5.74) is 0.616. The molecule has 1 aromatic carbocycles. The first kappa shape index (κ1) is 18.2. The summed E-state index contributed by atoms with van der Waals surface area (Å²) in [5.74, 6) is 0.369. The van der Waals surface area contributed by atoms with Gasteiger partial charge in [0.2, 0.25) is 0 Å². The van der Waals surface area contributed by atoms with Gasteiger partial charge in [-0.3, -0.25) is 14.5 Å². The van der Waals surface area contributed by atoms with Crippen molar-refractivity contribution in [3.63, 3.8) is 0 Å². The molecule has 7 nitrogen and oxygen atoms in total. The van der Waals surface area contributed by atoms with Gasteiger partial charge in [-0.25, -0.2) is 0 Å². The number of nitrogens with one attached hydrogen (secondary N) is 2. The van der Waals surface area contributed by atoms with Gasteiger partial charge in [0.05, 0.1) is 13.2 Å². The fourth-order valence-corrected chi connectivity index (χ4v) is 2.74. The van der Waals surface area contributed by atoms with E-state index < -0.39 is 11.5 Å². The van der Waals surface area contributed by atoms with Gasteiger partial charge in [-0.05, 0) is 29.8 Å². The highest BCUT2D eigenvalue weighted by molar-refractivity contribution is 5.93. The molecule has 1 aliphatic heterocycles. The maximum atomic E-state index is 12.1. The number of morpholine rings is 1. The van der Waals surface area contributed by atoms with Gasteiger partial charge in [-0.2, -0.15) is 0 Å². The standard InChI is InChI=1S/C19H23N3O4/c23-18-17(5-2-6-20-18)19(24)21-14-15-3-1-4-16(13-15)26-12-9-22-7-10-25-11-8-22/h1-6,13H,7-12,14H2,(H,20,23)(H,21,24). The Kier molecular flexibility index (Phi) is 6.40. The van der Waals surface area contributed by atoms with E-state index in [2.05, 4.69) is 15.2 Å². The monoisotopic (exact) mass is 357 g/mol. The Hall–Kier alpha value is -2.64. The van der Waals surface area contributed by atoms with Crippen molar-refractivity contribution < 1.29 is 14.3 Å². The first-order valence-corrected chi connectivity index (χ1v) is 8.70. The third-order valence-electron chi connectivity index (χ3n) is 4.19. The second-order valence-electron chi connectivity index (χ2n) is 6.05. The van der Waals surface area contributed by atoms with Crippen LogP contribution in [0.25, 0.3) is 0 Å². The number of carbonyl (C=O) groups is 1. The molecule has 0 unspecified atom stereocenters. The van der Waals surface area contributed by atoms with Crippen molar-refractivity contribution in [3.05, 3.63) is 64.1 Å². The molecule has 1 saturated heterocycles. The number of amides is 1. The first-order valence-electron chi connectivity index (χ1n) is 8.70. The van der Waals surface area contributed by atoms with Crippen molar-refractivity contribution in [3.8, 4) is 5.75 Å². The number of hydrogen-bond acceptors (Lipinski definition) is 5. The highest BCUT2D eigenvalue weighted by atomic mass is 16.5. The van der Waals surface area contributed by atoms with Crippen molar-refractivity contribution in [2.24, 2.45) is 0 Å². The molecule has 1 amide bonds. The van der Waals surface area contributed by atoms with Crippen LogP contribution < -0.4 is 15.6 Å². The van der Waals surface area contributed by atoms with Crippen molar-refractivity contribution in [2.75, 3.05) is 39.5 Å². The van der Waals surface area contributed by atoms with Gasteiger partial charge in [0.15, 0.2) is 0 Å². The third-order valence-corrected chi connectivity index (χ3v) is 4.19. The van der Waals surface area contributed by atoms with Crippen LogP contribution in [0, 0.1) is 0 Å². The lowest BCUT2D eigenvalue weighted by Crippen LogP contribution is -2.38. The summed E-state index contributed by atoms with van der Waals surface area (Å²) in [4.78, 5) is 28.5. The van der Waals surface area contributed by atoms with Crippen LogP contribution in [-0.4, -0.2) is 55.2 Å². The molecule has 138 valence electrons. The molecule has 1 fully saturated rings. The second-order valence-corrected chi connectivity index (χ2v) is 6.05. The van der Waals surface area contributed by atoms with E-state index in [0.717, 1.165) is 44.2 Å². The van der Waals surface area contributed by atoms with E-state index in [-0.39, 0.29) is 5.56 Å². The normalized spacial score (nSPS) is 14.8. The number of hydrogen-bond donors (Lipinski definition) is 2. The molecule has 7 heteroatoms. The maximum Gasteiger partial charge on any atom is 0.260 e. The summed E-state index contributed by atoms with van der Waals surface area (Å²) < 4.78 is 11.1. The van der Waals surface area contributed by atoms with E-state index in [1.54, 1.807) is 6.07 Å². The fourth-order valence-electron chi connectivity index (χ4n) is 2.74. The van der Waals surface area contributed by atoms with Crippen LogP contribution >= 0.6 is 0 Å². The number of H-pyrrole nitrogens is 1. The predicted molar refractivity (Wildman–Crippen MR) is 97.4 cm³/mol. The van der Waals surface area contributed by atoms with E-state index in [4.69, 9.17) is 9.47 Å². The molecule has 2 N–H and O–H groups in total. The van der Waals surface area contributed by atoms with Gasteiger partial charge in [0.1, 0.15) is 17.9 Å². The predicted octanol–water partition coefficient (Wildman–Crippen LogP) is 1.02. The smallest absolute Gasteiger partial charge is 0.260 e. The second kappa shape index (κ2) is 9.17. The summed E-state index contributed by atoms with van der Waals surface area (Å²) in [6.45, 7) is 5.23.